The first-order valence-electron chi connectivity index (χ1n) is 8.48. The molecule has 2 aliphatic rings. The van der Waals surface area contributed by atoms with Crippen LogP contribution in [0, 0.1) is 10.1 Å². The van der Waals surface area contributed by atoms with Crippen molar-refractivity contribution >= 4 is 50.8 Å². The molecular formula is C20H12BrClN4O3. The lowest BCUT2D eigenvalue weighted by Crippen LogP contribution is -2.24. The van der Waals surface area contributed by atoms with Crippen molar-refractivity contribution in [2.45, 2.75) is 6.54 Å². The Morgan fingerprint density at radius 3 is 2.83 bits per heavy atom. The number of benzene rings is 2. The third-order valence-electron chi connectivity index (χ3n) is 4.38. The van der Waals surface area contributed by atoms with E-state index in [9.17, 15) is 14.9 Å². The summed E-state index contributed by atoms with van der Waals surface area (Å²) in [5.41, 5.74) is 1.40. The summed E-state index contributed by atoms with van der Waals surface area (Å²) in [6.45, 7) is 0.564. The van der Waals surface area contributed by atoms with E-state index in [0.29, 0.717) is 12.4 Å². The number of fused-ring (bicyclic) bond motifs is 2. The van der Waals surface area contributed by atoms with Crippen molar-refractivity contribution in [2.75, 3.05) is 0 Å². The van der Waals surface area contributed by atoms with Gasteiger partial charge in [-0.1, -0.05) is 35.9 Å². The van der Waals surface area contributed by atoms with Crippen LogP contribution in [0.4, 0.5) is 5.69 Å². The number of amides is 1. The molecule has 2 aliphatic heterocycles. The van der Waals surface area contributed by atoms with Crippen LogP contribution < -0.4 is 0 Å². The van der Waals surface area contributed by atoms with Crippen LogP contribution in [-0.4, -0.2) is 27.4 Å². The minimum absolute atomic E-state index is 0.0420. The Labute approximate surface area is 179 Å². The summed E-state index contributed by atoms with van der Waals surface area (Å²) in [7, 11) is 0. The van der Waals surface area contributed by atoms with E-state index in [0.717, 1.165) is 21.7 Å². The summed E-state index contributed by atoms with van der Waals surface area (Å²) >= 11 is 9.28. The lowest BCUT2D eigenvalue weighted by atomic mass is 10.1. The number of carbonyl (C=O) groups is 1. The predicted molar refractivity (Wildman–Crippen MR) is 115 cm³/mol. The molecule has 4 rings (SSSR count). The van der Waals surface area contributed by atoms with Crippen LogP contribution in [0.3, 0.4) is 0 Å². The highest BCUT2D eigenvalue weighted by molar-refractivity contribution is 9.11. The molecule has 0 aliphatic carbocycles. The van der Waals surface area contributed by atoms with Gasteiger partial charge in [-0.2, -0.15) is 4.99 Å². The molecule has 1 amide bonds. The molecule has 2 aromatic carbocycles. The Morgan fingerprint density at radius 1 is 1.24 bits per heavy atom. The van der Waals surface area contributed by atoms with Crippen LogP contribution in [0.5, 0.6) is 0 Å². The van der Waals surface area contributed by atoms with Gasteiger partial charge in [-0.05, 0) is 45.8 Å². The summed E-state index contributed by atoms with van der Waals surface area (Å²) in [4.78, 5) is 33.9. The van der Waals surface area contributed by atoms with Crippen LogP contribution in [0.25, 0.3) is 0 Å². The Bertz CT molecular complexity index is 1170. The van der Waals surface area contributed by atoms with Gasteiger partial charge in [-0.15, -0.1) is 0 Å². The number of halogens is 2. The second-order valence-electron chi connectivity index (χ2n) is 6.27. The monoisotopic (exact) mass is 470 g/mol. The molecular weight excluding hydrogens is 460 g/mol. The van der Waals surface area contributed by atoms with Gasteiger partial charge in [-0.25, -0.2) is 4.99 Å². The topological polar surface area (TPSA) is 88.2 Å². The molecule has 9 heteroatoms. The zero-order chi connectivity index (χ0) is 20.5. The number of hydrogen-bond donors (Lipinski definition) is 0. The van der Waals surface area contributed by atoms with Gasteiger partial charge < -0.3 is 4.90 Å². The Hall–Kier alpha value is -3.10. The first kappa shape index (κ1) is 19.2. The number of carbonyl (C=O) groups excluding carboxylic acids is 1. The van der Waals surface area contributed by atoms with Gasteiger partial charge in [0.15, 0.2) is 5.84 Å². The molecule has 0 fully saturated rings. The molecule has 0 radical (unpaired) electrons. The first-order valence-corrected chi connectivity index (χ1v) is 9.65. The van der Waals surface area contributed by atoms with Gasteiger partial charge in [0.1, 0.15) is 10.9 Å². The van der Waals surface area contributed by atoms with E-state index < -0.39 is 10.8 Å². The van der Waals surface area contributed by atoms with E-state index in [1.54, 1.807) is 0 Å². The normalized spacial score (nSPS) is 16.5. The minimum atomic E-state index is -0.637. The van der Waals surface area contributed by atoms with E-state index >= 15 is 0 Å². The third kappa shape index (κ3) is 3.90. The van der Waals surface area contributed by atoms with Crippen LogP contribution in [0.2, 0.25) is 5.02 Å². The number of nitro benzene ring substituents is 1. The van der Waals surface area contributed by atoms with Gasteiger partial charge in [0.2, 0.25) is 0 Å². The summed E-state index contributed by atoms with van der Waals surface area (Å²) in [6.07, 6.45) is 5.58. The van der Waals surface area contributed by atoms with E-state index in [1.807, 2.05) is 47.5 Å². The molecule has 7 nitrogen and oxygen atoms in total. The summed E-state index contributed by atoms with van der Waals surface area (Å²) < 4.78 is 0.902. The lowest BCUT2D eigenvalue weighted by Gasteiger charge is -2.21. The average Bonchev–Trinajstić information content (AvgIpc) is 2.84. The van der Waals surface area contributed by atoms with E-state index in [1.165, 1.54) is 12.1 Å². The molecule has 0 saturated heterocycles. The van der Waals surface area contributed by atoms with E-state index in [-0.39, 0.29) is 22.1 Å². The minimum Gasteiger partial charge on any atom is -0.327 e. The molecule has 29 heavy (non-hydrogen) atoms. The van der Waals surface area contributed by atoms with E-state index in [2.05, 4.69) is 25.9 Å². The van der Waals surface area contributed by atoms with Crippen LogP contribution in [-0.2, 0) is 6.54 Å². The standard InChI is InChI=1S/C20H12BrClN4O3/c21-14-6-8-18-23-19(15-4-2-1-3-13(15)10-25(18)11-14)24-20(27)12-5-7-16(22)17(9-12)26(28)29/h1-9,11H,10H2. The zero-order valence-corrected chi connectivity index (χ0v) is 17.1. The zero-order valence-electron chi connectivity index (χ0n) is 14.8. The molecule has 0 aromatic heterocycles. The number of rotatable bonds is 2. The maximum absolute atomic E-state index is 12.8. The smallest absolute Gasteiger partial charge is 0.288 e. The molecule has 2 heterocycles. The summed E-state index contributed by atoms with van der Waals surface area (Å²) in [5, 5.41) is 11.1. The lowest BCUT2D eigenvalue weighted by molar-refractivity contribution is -0.384. The van der Waals surface area contributed by atoms with Crippen LogP contribution in [0.1, 0.15) is 21.5 Å². The number of amidine groups is 2. The number of nitro groups is 1. The Kier molecular flexibility index (Phi) is 5.12. The van der Waals surface area contributed by atoms with Crippen molar-refractivity contribution in [3.63, 3.8) is 0 Å². The molecule has 2 aromatic rings. The highest BCUT2D eigenvalue weighted by Crippen LogP contribution is 2.27. The fourth-order valence-corrected chi connectivity index (χ4v) is 3.56. The molecule has 0 bridgehead atoms. The molecule has 0 N–H and O–H groups in total. The highest BCUT2D eigenvalue weighted by Gasteiger charge is 2.22. The maximum atomic E-state index is 12.8. The van der Waals surface area contributed by atoms with Gasteiger partial charge in [0, 0.05) is 34.4 Å². The van der Waals surface area contributed by atoms with Gasteiger partial charge >= 0.3 is 0 Å². The SMILES string of the molecule is O=C(N=C1N=C2C=CC(Br)=CN2Cc2ccccc21)c1ccc(Cl)c([N+](=O)[O-])c1. The van der Waals surface area contributed by atoms with Crippen molar-refractivity contribution in [2.24, 2.45) is 9.98 Å². The number of hydrogen-bond acceptors (Lipinski definition) is 4. The Balaban J connectivity index is 1.80. The second kappa shape index (κ2) is 7.73. The van der Waals surface area contributed by atoms with Gasteiger partial charge in [0.05, 0.1) is 4.92 Å². The van der Waals surface area contributed by atoms with Crippen molar-refractivity contribution in [1.82, 2.24) is 4.90 Å². The van der Waals surface area contributed by atoms with Crippen LogP contribution in [0.15, 0.2) is 75.3 Å². The maximum Gasteiger partial charge on any atom is 0.288 e. The average molecular weight is 472 g/mol. The van der Waals surface area contributed by atoms with Crippen molar-refractivity contribution in [3.05, 3.63) is 97.1 Å². The molecule has 0 atom stereocenters. The largest absolute Gasteiger partial charge is 0.327 e. The number of nitrogens with zero attached hydrogens (tertiary/aromatic N) is 4. The molecule has 0 saturated carbocycles. The third-order valence-corrected chi connectivity index (χ3v) is 5.17. The number of aliphatic imine (C=N–C) groups is 2. The van der Waals surface area contributed by atoms with Crippen molar-refractivity contribution in [3.8, 4) is 0 Å². The molecule has 0 spiro atoms. The summed E-state index contributed by atoms with van der Waals surface area (Å²) in [6, 6.07) is 11.4. The van der Waals surface area contributed by atoms with Crippen molar-refractivity contribution in [1.29, 1.82) is 0 Å². The Morgan fingerprint density at radius 2 is 2.03 bits per heavy atom. The number of allylic oxidation sites excluding steroid dienone is 2. The van der Waals surface area contributed by atoms with Crippen molar-refractivity contribution < 1.29 is 9.72 Å². The van der Waals surface area contributed by atoms with Crippen LogP contribution >= 0.6 is 27.5 Å². The van der Waals surface area contributed by atoms with E-state index in [4.69, 9.17) is 11.6 Å². The summed E-state index contributed by atoms with van der Waals surface area (Å²) in [5.74, 6) is 0.249. The first-order chi connectivity index (χ1) is 13.9. The molecule has 144 valence electrons. The fraction of sp³-hybridized carbons (Fsp3) is 0.0500. The fourth-order valence-electron chi connectivity index (χ4n) is 3.00. The second-order valence-corrected chi connectivity index (χ2v) is 7.59. The molecule has 0 unspecified atom stereocenters. The predicted octanol–water partition coefficient (Wildman–Crippen LogP) is 4.86. The van der Waals surface area contributed by atoms with Gasteiger partial charge in [-0.3, -0.25) is 14.9 Å². The van der Waals surface area contributed by atoms with Gasteiger partial charge in [0.25, 0.3) is 11.6 Å². The quantitative estimate of drug-likeness (QED) is 0.462. The highest BCUT2D eigenvalue weighted by atomic mass is 79.9.